The van der Waals surface area contributed by atoms with Gasteiger partial charge in [0.05, 0.1) is 11.1 Å². The van der Waals surface area contributed by atoms with Crippen LogP contribution in [-0.4, -0.2) is 18.0 Å². The molecular weight excluding hydrogens is 208 g/mol. The molecule has 0 amide bonds. The predicted octanol–water partition coefficient (Wildman–Crippen LogP) is 1.51. The second-order valence-electron chi connectivity index (χ2n) is 3.47. The van der Waals surface area contributed by atoms with E-state index in [-0.39, 0.29) is 6.15 Å². The summed E-state index contributed by atoms with van der Waals surface area (Å²) in [6.45, 7) is 3.89. The third kappa shape index (κ3) is 3.45. The van der Waals surface area contributed by atoms with Crippen LogP contribution in [0.4, 0.5) is 0 Å². The summed E-state index contributed by atoms with van der Waals surface area (Å²) in [4.78, 5) is 21.7. The number of esters is 2. The molecule has 0 spiro atoms. The Hall–Kier alpha value is -1.72. The largest absolute Gasteiger partial charge is 0.386 e. The van der Waals surface area contributed by atoms with Crippen LogP contribution in [0.5, 0.6) is 0 Å². The Morgan fingerprint density at radius 3 is 1.69 bits per heavy atom. The first-order valence-electron chi connectivity index (χ1n) is 4.63. The molecule has 0 unspecified atom stereocenters. The van der Waals surface area contributed by atoms with Crippen molar-refractivity contribution >= 4 is 11.9 Å². The van der Waals surface area contributed by atoms with Crippen molar-refractivity contribution in [1.82, 2.24) is 6.15 Å². The number of carbonyl (C=O) groups excluding carboxylic acids is 2. The number of ether oxygens (including phenoxy) is 1. The van der Waals surface area contributed by atoms with Gasteiger partial charge in [0.1, 0.15) is 0 Å². The van der Waals surface area contributed by atoms with Crippen molar-refractivity contribution in [2.75, 3.05) is 0 Å². The number of benzene rings is 1. The van der Waals surface area contributed by atoms with Gasteiger partial charge >= 0.3 is 11.9 Å². The second-order valence-corrected chi connectivity index (χ2v) is 3.47. The van der Waals surface area contributed by atoms with E-state index < -0.39 is 11.9 Å². The minimum absolute atomic E-state index is 0. The van der Waals surface area contributed by atoms with Crippen LogP contribution in [0.2, 0.25) is 0 Å². The lowest BCUT2D eigenvalue weighted by atomic mass is 10.1. The average Bonchev–Trinajstić information content (AvgIpc) is 2.43. The van der Waals surface area contributed by atoms with Gasteiger partial charge in [-0.25, -0.2) is 9.59 Å². The molecule has 0 bridgehead atoms. The number of hydrogen-bond acceptors (Lipinski definition) is 5. The molecule has 0 aromatic heterocycles. The maximum Gasteiger partial charge on any atom is 0.346 e. The van der Waals surface area contributed by atoms with Gasteiger partial charge in [0, 0.05) is 0 Å². The Bertz CT molecular complexity index is 353. The first-order chi connectivity index (χ1) is 7.02. The minimum atomic E-state index is -0.550. The molecule has 88 valence electrons. The lowest BCUT2D eigenvalue weighted by Gasteiger charge is -1.86. The quantitative estimate of drug-likeness (QED) is 0.513. The highest BCUT2D eigenvalue weighted by atomic mass is 16.6. The van der Waals surface area contributed by atoms with Gasteiger partial charge in [0.2, 0.25) is 0 Å². The van der Waals surface area contributed by atoms with E-state index in [2.05, 4.69) is 4.74 Å². The van der Waals surface area contributed by atoms with Gasteiger partial charge in [-0.3, -0.25) is 0 Å². The molecule has 0 fully saturated rings. The third-order valence-corrected chi connectivity index (χ3v) is 1.55. The van der Waals surface area contributed by atoms with E-state index in [4.69, 9.17) is 5.73 Å². The zero-order valence-electron chi connectivity index (χ0n) is 9.40. The van der Waals surface area contributed by atoms with Gasteiger partial charge in [0.15, 0.2) is 0 Å². The molecule has 1 aromatic rings. The van der Waals surface area contributed by atoms with Crippen molar-refractivity contribution in [2.24, 2.45) is 5.73 Å². The molecular formula is C11H16N2O3. The van der Waals surface area contributed by atoms with Gasteiger partial charge in [-0.15, -0.1) is 0 Å². The summed E-state index contributed by atoms with van der Waals surface area (Å²) in [5.74, 6) is -1.10. The highest BCUT2D eigenvalue weighted by Crippen LogP contribution is 2.18. The first-order valence-corrected chi connectivity index (χ1v) is 4.63. The van der Waals surface area contributed by atoms with Crippen LogP contribution in [0, 0.1) is 0 Å². The van der Waals surface area contributed by atoms with E-state index in [1.54, 1.807) is 24.3 Å². The van der Waals surface area contributed by atoms with E-state index in [0.717, 1.165) is 0 Å². The van der Waals surface area contributed by atoms with Gasteiger partial charge in [-0.2, -0.15) is 0 Å². The molecule has 1 aromatic carbocycles. The molecule has 0 aliphatic carbocycles. The highest BCUT2D eigenvalue weighted by Gasteiger charge is 2.28. The van der Waals surface area contributed by atoms with E-state index in [0.29, 0.717) is 17.2 Å². The molecule has 0 saturated carbocycles. The molecule has 1 aliphatic rings. The second kappa shape index (κ2) is 5.99. The number of hydrogen-bond donors (Lipinski definition) is 2. The molecule has 5 nitrogen and oxygen atoms in total. The van der Waals surface area contributed by atoms with Crippen LogP contribution >= 0.6 is 0 Å². The van der Waals surface area contributed by atoms with Crippen molar-refractivity contribution in [3.8, 4) is 0 Å². The maximum absolute atomic E-state index is 10.8. The standard InChI is InChI=1S/C8H4O3.C3H9N.H3N/c9-7-5-3-1-2-4-6(5)8(10)11-7;1-3(2)4;/h1-4H;3H,4H2,1-2H3;1H3. The Balaban J connectivity index is 0.000000397. The van der Waals surface area contributed by atoms with Crippen molar-refractivity contribution in [3.05, 3.63) is 35.4 Å². The van der Waals surface area contributed by atoms with Gasteiger partial charge < -0.3 is 16.6 Å². The number of rotatable bonds is 0. The number of nitrogens with two attached hydrogens (primary N) is 1. The van der Waals surface area contributed by atoms with E-state index >= 15 is 0 Å². The van der Waals surface area contributed by atoms with Crippen molar-refractivity contribution in [1.29, 1.82) is 0 Å². The van der Waals surface area contributed by atoms with E-state index in [1.165, 1.54) is 0 Å². The first kappa shape index (κ1) is 14.3. The lowest BCUT2D eigenvalue weighted by Crippen LogP contribution is -2.06. The van der Waals surface area contributed by atoms with Gasteiger partial charge in [-0.05, 0) is 18.2 Å². The number of carbonyl (C=O) groups is 2. The van der Waals surface area contributed by atoms with Crippen LogP contribution in [0.3, 0.4) is 0 Å². The fraction of sp³-hybridized carbons (Fsp3) is 0.273. The Morgan fingerprint density at radius 2 is 1.38 bits per heavy atom. The van der Waals surface area contributed by atoms with Crippen molar-refractivity contribution < 1.29 is 14.3 Å². The molecule has 2 rings (SSSR count). The van der Waals surface area contributed by atoms with Crippen LogP contribution in [0.15, 0.2) is 24.3 Å². The Morgan fingerprint density at radius 1 is 1.06 bits per heavy atom. The molecule has 5 N–H and O–H groups in total. The summed E-state index contributed by atoms with van der Waals surface area (Å²) < 4.78 is 4.35. The fourth-order valence-electron chi connectivity index (χ4n) is 1.03. The minimum Gasteiger partial charge on any atom is -0.386 e. The number of cyclic esters (lactones) is 2. The molecule has 1 aliphatic heterocycles. The third-order valence-electron chi connectivity index (χ3n) is 1.55. The summed E-state index contributed by atoms with van der Waals surface area (Å²) in [7, 11) is 0. The smallest absolute Gasteiger partial charge is 0.346 e. The molecule has 0 saturated heterocycles. The summed E-state index contributed by atoms with van der Waals surface area (Å²) in [6.07, 6.45) is 0. The zero-order valence-corrected chi connectivity index (χ0v) is 9.40. The topological polar surface area (TPSA) is 104 Å². The molecule has 1 heterocycles. The predicted molar refractivity (Wildman–Crippen MR) is 60.5 cm³/mol. The van der Waals surface area contributed by atoms with Gasteiger partial charge in [0.25, 0.3) is 0 Å². The average molecular weight is 224 g/mol. The van der Waals surface area contributed by atoms with Crippen LogP contribution in [0.1, 0.15) is 34.6 Å². The van der Waals surface area contributed by atoms with Crippen molar-refractivity contribution in [2.45, 2.75) is 19.9 Å². The van der Waals surface area contributed by atoms with Crippen molar-refractivity contribution in [3.63, 3.8) is 0 Å². The van der Waals surface area contributed by atoms with Crippen LogP contribution in [-0.2, 0) is 4.74 Å². The Labute approximate surface area is 94.2 Å². The van der Waals surface area contributed by atoms with E-state index in [1.807, 2.05) is 13.8 Å². The summed E-state index contributed by atoms with van der Waals surface area (Å²) in [6, 6.07) is 6.86. The normalized spacial score (nSPS) is 12.2. The summed E-state index contributed by atoms with van der Waals surface area (Å²) in [5.41, 5.74) is 5.83. The number of fused-ring (bicyclic) bond motifs is 1. The monoisotopic (exact) mass is 224 g/mol. The van der Waals surface area contributed by atoms with Gasteiger partial charge in [-0.1, -0.05) is 26.0 Å². The molecule has 16 heavy (non-hydrogen) atoms. The SMILES string of the molecule is CC(C)N.N.O=C1OC(=O)c2ccccc21. The van der Waals surface area contributed by atoms with Crippen LogP contribution in [0.25, 0.3) is 0 Å². The molecule has 0 radical (unpaired) electrons. The van der Waals surface area contributed by atoms with Crippen LogP contribution < -0.4 is 11.9 Å². The summed E-state index contributed by atoms with van der Waals surface area (Å²) >= 11 is 0. The zero-order chi connectivity index (χ0) is 11.4. The Kier molecular flexibility index (Phi) is 5.35. The summed E-state index contributed by atoms with van der Waals surface area (Å²) in [5, 5.41) is 0. The fourth-order valence-corrected chi connectivity index (χ4v) is 1.03. The lowest BCUT2D eigenvalue weighted by molar-refractivity contribution is 0.0444. The highest BCUT2D eigenvalue weighted by molar-refractivity contribution is 6.14. The van der Waals surface area contributed by atoms with E-state index in [9.17, 15) is 9.59 Å². The molecule has 5 heteroatoms. The molecule has 0 atom stereocenters. The maximum atomic E-state index is 10.8.